The Kier molecular flexibility index (Phi) is 5.87. The van der Waals surface area contributed by atoms with Crippen molar-refractivity contribution in [3.05, 3.63) is 77.9 Å². The monoisotopic (exact) mass is 385 g/mol. The Morgan fingerprint density at radius 3 is 2.74 bits per heavy atom. The summed E-state index contributed by atoms with van der Waals surface area (Å²) in [6.45, 7) is 0. The number of anilines is 1. The molecule has 1 heterocycles. The maximum absolute atomic E-state index is 14.3. The standard InChI is InChI=1S/C19H16FN3O3S/c20-16-10-14(5-6-17(16)23-8-2-7-21-23)19(26)22-15-4-1-3-13(9-15)11-27-12-18(24)25/h1-10H,11-12H2,(H,22,26)(H,24,25). The molecule has 0 spiro atoms. The van der Waals surface area contributed by atoms with Gasteiger partial charge in [0, 0.05) is 29.4 Å². The van der Waals surface area contributed by atoms with Crippen LogP contribution < -0.4 is 5.32 Å². The van der Waals surface area contributed by atoms with Crippen LogP contribution in [-0.4, -0.2) is 32.5 Å². The Hall–Kier alpha value is -3.13. The number of hydrogen-bond donors (Lipinski definition) is 2. The zero-order chi connectivity index (χ0) is 19.2. The van der Waals surface area contributed by atoms with Crippen molar-refractivity contribution in [3.63, 3.8) is 0 Å². The first-order chi connectivity index (χ1) is 13.0. The van der Waals surface area contributed by atoms with Gasteiger partial charge in [-0.05, 0) is 42.0 Å². The van der Waals surface area contributed by atoms with Gasteiger partial charge >= 0.3 is 5.97 Å². The molecular formula is C19H16FN3O3S. The van der Waals surface area contributed by atoms with E-state index in [2.05, 4.69) is 10.4 Å². The number of carboxylic acids is 1. The van der Waals surface area contributed by atoms with E-state index in [1.54, 1.807) is 36.7 Å². The fourth-order valence-corrected chi connectivity index (χ4v) is 3.14. The molecule has 1 aromatic heterocycles. The molecule has 27 heavy (non-hydrogen) atoms. The van der Waals surface area contributed by atoms with Gasteiger partial charge < -0.3 is 10.4 Å². The number of amides is 1. The summed E-state index contributed by atoms with van der Waals surface area (Å²) in [7, 11) is 0. The Morgan fingerprint density at radius 2 is 2.04 bits per heavy atom. The van der Waals surface area contributed by atoms with E-state index in [1.165, 1.54) is 34.6 Å². The molecule has 0 aliphatic rings. The van der Waals surface area contributed by atoms with Crippen LogP contribution in [0.4, 0.5) is 10.1 Å². The van der Waals surface area contributed by atoms with Crippen LogP contribution in [-0.2, 0) is 10.5 Å². The fraction of sp³-hybridized carbons (Fsp3) is 0.105. The molecule has 0 radical (unpaired) electrons. The van der Waals surface area contributed by atoms with Gasteiger partial charge in [0.2, 0.25) is 0 Å². The van der Waals surface area contributed by atoms with Crippen molar-refractivity contribution in [2.45, 2.75) is 5.75 Å². The fourth-order valence-electron chi connectivity index (χ4n) is 2.44. The summed E-state index contributed by atoms with van der Waals surface area (Å²) in [4.78, 5) is 23.0. The van der Waals surface area contributed by atoms with E-state index in [-0.39, 0.29) is 17.0 Å². The smallest absolute Gasteiger partial charge is 0.313 e. The molecular weight excluding hydrogens is 369 g/mol. The molecule has 0 aliphatic heterocycles. The van der Waals surface area contributed by atoms with Crippen molar-refractivity contribution < 1.29 is 19.1 Å². The first-order valence-electron chi connectivity index (χ1n) is 8.02. The summed E-state index contributed by atoms with van der Waals surface area (Å²) >= 11 is 1.27. The van der Waals surface area contributed by atoms with Crippen molar-refractivity contribution in [2.24, 2.45) is 0 Å². The molecule has 3 rings (SSSR count). The average molecular weight is 385 g/mol. The molecule has 0 bridgehead atoms. The third kappa shape index (κ3) is 4.95. The van der Waals surface area contributed by atoms with Gasteiger partial charge in [0.05, 0.1) is 5.75 Å². The number of nitrogens with one attached hydrogen (secondary N) is 1. The Balaban J connectivity index is 1.68. The van der Waals surface area contributed by atoms with Crippen molar-refractivity contribution in [1.82, 2.24) is 9.78 Å². The van der Waals surface area contributed by atoms with E-state index in [9.17, 15) is 14.0 Å². The normalized spacial score (nSPS) is 10.6. The molecule has 6 nitrogen and oxygen atoms in total. The van der Waals surface area contributed by atoms with Gasteiger partial charge in [-0.25, -0.2) is 9.07 Å². The summed E-state index contributed by atoms with van der Waals surface area (Å²) in [6.07, 6.45) is 3.16. The van der Waals surface area contributed by atoms with Crippen LogP contribution in [0.1, 0.15) is 15.9 Å². The third-order valence-corrected chi connectivity index (χ3v) is 4.63. The second kappa shape index (κ2) is 8.50. The zero-order valence-corrected chi connectivity index (χ0v) is 14.9. The zero-order valence-electron chi connectivity index (χ0n) is 14.1. The van der Waals surface area contributed by atoms with E-state index >= 15 is 0 Å². The molecule has 8 heteroatoms. The van der Waals surface area contributed by atoms with Crippen LogP contribution in [0.25, 0.3) is 5.69 Å². The minimum Gasteiger partial charge on any atom is -0.481 e. The maximum atomic E-state index is 14.3. The summed E-state index contributed by atoms with van der Waals surface area (Å²) < 4.78 is 15.7. The summed E-state index contributed by atoms with van der Waals surface area (Å²) in [6, 6.07) is 13.0. The van der Waals surface area contributed by atoms with Crippen LogP contribution in [0.3, 0.4) is 0 Å². The highest BCUT2D eigenvalue weighted by atomic mass is 32.2. The lowest BCUT2D eigenvalue weighted by molar-refractivity contribution is -0.133. The number of carbonyl (C=O) groups is 2. The molecule has 0 aliphatic carbocycles. The van der Waals surface area contributed by atoms with Crippen molar-refractivity contribution >= 4 is 29.3 Å². The quantitative estimate of drug-likeness (QED) is 0.649. The number of carbonyl (C=O) groups excluding carboxylic acids is 1. The lowest BCUT2D eigenvalue weighted by Gasteiger charge is -2.09. The highest BCUT2D eigenvalue weighted by Crippen LogP contribution is 2.19. The molecule has 0 atom stereocenters. The first-order valence-corrected chi connectivity index (χ1v) is 9.18. The van der Waals surface area contributed by atoms with Crippen molar-refractivity contribution in [2.75, 3.05) is 11.1 Å². The van der Waals surface area contributed by atoms with Gasteiger partial charge in [0.25, 0.3) is 5.91 Å². The van der Waals surface area contributed by atoms with Gasteiger partial charge in [0.1, 0.15) is 11.5 Å². The molecule has 1 amide bonds. The molecule has 2 aromatic carbocycles. The predicted octanol–water partition coefficient (Wildman–Crippen LogP) is 3.58. The molecule has 0 fully saturated rings. The van der Waals surface area contributed by atoms with E-state index in [0.717, 1.165) is 5.56 Å². The minimum atomic E-state index is -0.870. The SMILES string of the molecule is O=C(O)CSCc1cccc(NC(=O)c2ccc(-n3cccn3)c(F)c2)c1. The average Bonchev–Trinajstić information content (AvgIpc) is 3.16. The van der Waals surface area contributed by atoms with Crippen LogP contribution in [0.5, 0.6) is 0 Å². The van der Waals surface area contributed by atoms with Crippen molar-refractivity contribution in [3.8, 4) is 5.69 Å². The highest BCUT2D eigenvalue weighted by molar-refractivity contribution is 7.99. The van der Waals surface area contributed by atoms with Crippen LogP contribution >= 0.6 is 11.8 Å². The highest BCUT2D eigenvalue weighted by Gasteiger charge is 2.12. The summed E-state index contributed by atoms with van der Waals surface area (Å²) in [5, 5.41) is 15.4. The number of benzene rings is 2. The predicted molar refractivity (Wildman–Crippen MR) is 102 cm³/mol. The molecule has 3 aromatic rings. The van der Waals surface area contributed by atoms with Crippen LogP contribution in [0.2, 0.25) is 0 Å². The van der Waals surface area contributed by atoms with Crippen LogP contribution in [0, 0.1) is 5.82 Å². The number of thioether (sulfide) groups is 1. The summed E-state index contributed by atoms with van der Waals surface area (Å²) in [5.74, 6) is -1.33. The number of nitrogens with zero attached hydrogens (tertiary/aromatic N) is 2. The first kappa shape index (κ1) is 18.7. The topological polar surface area (TPSA) is 84.2 Å². The number of hydrogen-bond acceptors (Lipinski definition) is 4. The van der Waals surface area contributed by atoms with Crippen molar-refractivity contribution in [1.29, 1.82) is 0 Å². The number of carboxylic acid groups (broad SMARTS) is 1. The second-order valence-electron chi connectivity index (χ2n) is 5.66. The Bertz CT molecular complexity index is 961. The Morgan fingerprint density at radius 1 is 1.19 bits per heavy atom. The molecule has 0 unspecified atom stereocenters. The minimum absolute atomic E-state index is 0.0124. The Labute approximate surface area is 159 Å². The third-order valence-electron chi connectivity index (χ3n) is 3.64. The largest absolute Gasteiger partial charge is 0.481 e. The van der Waals surface area contributed by atoms with Gasteiger partial charge in [-0.1, -0.05) is 12.1 Å². The van der Waals surface area contributed by atoms with E-state index in [0.29, 0.717) is 11.4 Å². The number of halogens is 1. The number of rotatable bonds is 7. The summed E-state index contributed by atoms with van der Waals surface area (Å²) in [5.41, 5.74) is 1.90. The molecule has 0 saturated carbocycles. The van der Waals surface area contributed by atoms with Gasteiger partial charge in [-0.2, -0.15) is 5.10 Å². The van der Waals surface area contributed by atoms with Gasteiger partial charge in [-0.3, -0.25) is 9.59 Å². The van der Waals surface area contributed by atoms with Gasteiger partial charge in [0.15, 0.2) is 0 Å². The molecule has 0 saturated heterocycles. The number of aromatic nitrogens is 2. The second-order valence-corrected chi connectivity index (χ2v) is 6.64. The lowest BCUT2D eigenvalue weighted by atomic mass is 10.1. The van der Waals surface area contributed by atoms with E-state index in [4.69, 9.17) is 5.11 Å². The van der Waals surface area contributed by atoms with E-state index < -0.39 is 17.7 Å². The van der Waals surface area contributed by atoms with E-state index in [1.807, 2.05) is 6.07 Å². The number of aliphatic carboxylic acids is 1. The molecule has 2 N–H and O–H groups in total. The maximum Gasteiger partial charge on any atom is 0.313 e. The van der Waals surface area contributed by atoms with Crippen LogP contribution in [0.15, 0.2) is 60.9 Å². The lowest BCUT2D eigenvalue weighted by Crippen LogP contribution is -2.13. The van der Waals surface area contributed by atoms with Gasteiger partial charge in [-0.15, -0.1) is 11.8 Å². The molecule has 138 valence electrons.